The summed E-state index contributed by atoms with van der Waals surface area (Å²) in [5.74, 6) is 0.902. The fourth-order valence-corrected chi connectivity index (χ4v) is 3.83. The van der Waals surface area contributed by atoms with Gasteiger partial charge in [-0.3, -0.25) is 14.7 Å². The van der Waals surface area contributed by atoms with Crippen molar-refractivity contribution in [3.05, 3.63) is 79.6 Å². The molecule has 1 aliphatic rings. The van der Waals surface area contributed by atoms with Crippen molar-refractivity contribution in [3.63, 3.8) is 0 Å². The largest absolute Gasteiger partial charge is 0.293 e. The molecule has 0 radical (unpaired) electrons. The molecule has 0 saturated heterocycles. The molecule has 25 heavy (non-hydrogen) atoms. The fraction of sp³-hybridized carbons (Fsp3) is 0.300. The van der Waals surface area contributed by atoms with E-state index in [-0.39, 0.29) is 0 Å². The molecule has 0 aliphatic carbocycles. The number of hydrogen-bond donors (Lipinski definition) is 0. The van der Waals surface area contributed by atoms with Crippen molar-refractivity contribution >= 4 is 33.4 Å². The van der Waals surface area contributed by atoms with Crippen LogP contribution in [0.15, 0.2) is 45.9 Å². The maximum atomic E-state index is 7.15. The second kappa shape index (κ2) is 8.03. The van der Waals surface area contributed by atoms with Gasteiger partial charge in [-0.2, -0.15) is 0 Å². The molecule has 128 valence electrons. The lowest BCUT2D eigenvalue weighted by Gasteiger charge is -2.18. The molecule has 2 aromatic rings. The van der Waals surface area contributed by atoms with Crippen LogP contribution in [0.25, 0.3) is 4.85 Å². The molecule has 1 aliphatic heterocycles. The molecule has 0 aromatic heterocycles. The van der Waals surface area contributed by atoms with E-state index in [0.29, 0.717) is 6.67 Å². The molecule has 1 heterocycles. The van der Waals surface area contributed by atoms with Crippen molar-refractivity contribution in [2.24, 2.45) is 4.99 Å². The highest BCUT2D eigenvalue weighted by Gasteiger charge is 2.23. The third kappa shape index (κ3) is 4.05. The fourth-order valence-electron chi connectivity index (χ4n) is 3.15. The standard InChI is InChI=1S/C20H19BrClN3/c1-14-6-8-16(21)12-15(14)7-9-17-18(4-3-5-19(17)22)20-24-10-11-25(20)13-23-2/h3-6,8,12H,7,9-11,13H2,1H3. The van der Waals surface area contributed by atoms with Crippen LogP contribution in [0.2, 0.25) is 5.02 Å². The molecular weight excluding hydrogens is 398 g/mol. The van der Waals surface area contributed by atoms with Crippen LogP contribution in [0.4, 0.5) is 0 Å². The predicted octanol–water partition coefficient (Wildman–Crippen LogP) is 5.14. The van der Waals surface area contributed by atoms with E-state index in [2.05, 4.69) is 57.0 Å². The Morgan fingerprint density at radius 3 is 2.92 bits per heavy atom. The van der Waals surface area contributed by atoms with E-state index in [4.69, 9.17) is 18.2 Å². The Labute approximate surface area is 162 Å². The number of hydrogen-bond acceptors (Lipinski definition) is 2. The van der Waals surface area contributed by atoms with Crippen LogP contribution < -0.4 is 0 Å². The Morgan fingerprint density at radius 1 is 1.28 bits per heavy atom. The van der Waals surface area contributed by atoms with Crippen LogP contribution in [0.1, 0.15) is 22.3 Å². The van der Waals surface area contributed by atoms with Gasteiger partial charge >= 0.3 is 0 Å². The van der Waals surface area contributed by atoms with E-state index < -0.39 is 0 Å². The summed E-state index contributed by atoms with van der Waals surface area (Å²) in [5, 5.41) is 0.766. The van der Waals surface area contributed by atoms with Crippen LogP contribution in [0, 0.1) is 13.5 Å². The van der Waals surface area contributed by atoms with Crippen LogP contribution in [-0.4, -0.2) is 30.5 Å². The zero-order valence-corrected chi connectivity index (χ0v) is 16.4. The normalized spacial score (nSPS) is 13.7. The second-order valence-electron chi connectivity index (χ2n) is 6.11. The summed E-state index contributed by atoms with van der Waals surface area (Å²) in [6.07, 6.45) is 1.76. The quantitative estimate of drug-likeness (QED) is 0.618. The van der Waals surface area contributed by atoms with Gasteiger partial charge in [0.15, 0.2) is 0 Å². The van der Waals surface area contributed by atoms with Crippen LogP contribution >= 0.6 is 27.5 Å². The van der Waals surface area contributed by atoms with Gasteiger partial charge in [0.25, 0.3) is 6.67 Å². The number of aliphatic imine (C=N–C) groups is 1. The topological polar surface area (TPSA) is 20.0 Å². The van der Waals surface area contributed by atoms with Crippen molar-refractivity contribution in [3.8, 4) is 0 Å². The molecule has 0 N–H and O–H groups in total. The predicted molar refractivity (Wildman–Crippen MR) is 107 cm³/mol. The lowest BCUT2D eigenvalue weighted by atomic mass is 9.97. The lowest BCUT2D eigenvalue weighted by Crippen LogP contribution is -2.29. The van der Waals surface area contributed by atoms with Gasteiger partial charge in [0.05, 0.1) is 6.54 Å². The minimum Gasteiger partial charge on any atom is -0.293 e. The average Bonchev–Trinajstić information content (AvgIpc) is 3.05. The average molecular weight is 417 g/mol. The third-order valence-corrected chi connectivity index (χ3v) is 5.34. The van der Waals surface area contributed by atoms with E-state index in [1.165, 1.54) is 11.1 Å². The maximum absolute atomic E-state index is 7.15. The van der Waals surface area contributed by atoms with Gasteiger partial charge in [0.2, 0.25) is 0 Å². The van der Waals surface area contributed by atoms with E-state index in [1.54, 1.807) is 0 Å². The molecule has 0 fully saturated rings. The highest BCUT2D eigenvalue weighted by Crippen LogP contribution is 2.26. The molecule has 0 saturated carbocycles. The summed E-state index contributed by atoms with van der Waals surface area (Å²) in [7, 11) is 0. The van der Waals surface area contributed by atoms with Crippen molar-refractivity contribution < 1.29 is 0 Å². The monoisotopic (exact) mass is 415 g/mol. The Kier molecular flexibility index (Phi) is 5.78. The van der Waals surface area contributed by atoms with Gasteiger partial charge in [-0.1, -0.05) is 45.7 Å². The van der Waals surface area contributed by atoms with Gasteiger partial charge in [0, 0.05) is 21.6 Å². The molecular formula is C20H19BrClN3. The van der Waals surface area contributed by atoms with Gasteiger partial charge in [-0.15, -0.1) is 0 Å². The molecule has 0 bridgehead atoms. The van der Waals surface area contributed by atoms with Gasteiger partial charge in [-0.05, 0) is 54.7 Å². The molecule has 0 atom stereocenters. The van der Waals surface area contributed by atoms with Gasteiger partial charge in [0.1, 0.15) is 5.84 Å². The molecule has 0 unspecified atom stereocenters. The zero-order valence-electron chi connectivity index (χ0n) is 14.1. The Bertz CT molecular complexity index is 855. The van der Waals surface area contributed by atoms with E-state index in [9.17, 15) is 0 Å². The number of nitrogens with zero attached hydrogens (tertiary/aromatic N) is 3. The number of benzene rings is 2. The summed E-state index contributed by atoms with van der Waals surface area (Å²) in [6, 6.07) is 12.3. The Balaban J connectivity index is 1.89. The molecule has 5 heteroatoms. The summed E-state index contributed by atoms with van der Waals surface area (Å²) >= 11 is 10.1. The summed E-state index contributed by atoms with van der Waals surface area (Å²) in [6.45, 7) is 11.2. The lowest BCUT2D eigenvalue weighted by molar-refractivity contribution is 0.505. The highest BCUT2D eigenvalue weighted by atomic mass is 79.9. The van der Waals surface area contributed by atoms with Crippen molar-refractivity contribution in [2.45, 2.75) is 19.8 Å². The smallest absolute Gasteiger partial charge is 0.290 e. The summed E-state index contributed by atoms with van der Waals surface area (Å²) in [5.41, 5.74) is 4.76. The Hall–Kier alpha value is -1.83. The first-order chi connectivity index (χ1) is 12.1. The van der Waals surface area contributed by atoms with Crippen molar-refractivity contribution in [1.82, 2.24) is 4.90 Å². The van der Waals surface area contributed by atoms with Crippen molar-refractivity contribution in [1.29, 1.82) is 0 Å². The third-order valence-electron chi connectivity index (χ3n) is 4.49. The minimum absolute atomic E-state index is 0.343. The van der Waals surface area contributed by atoms with E-state index in [0.717, 1.165) is 52.4 Å². The number of amidine groups is 1. The van der Waals surface area contributed by atoms with Crippen molar-refractivity contribution in [2.75, 3.05) is 19.8 Å². The van der Waals surface area contributed by atoms with Crippen LogP contribution in [0.5, 0.6) is 0 Å². The summed E-state index contributed by atoms with van der Waals surface area (Å²) < 4.78 is 1.09. The minimum atomic E-state index is 0.343. The molecule has 0 amide bonds. The highest BCUT2D eigenvalue weighted by molar-refractivity contribution is 9.10. The van der Waals surface area contributed by atoms with E-state index >= 15 is 0 Å². The first kappa shape index (κ1) is 18.0. The molecule has 3 rings (SSSR count). The molecule has 0 spiro atoms. The first-order valence-electron chi connectivity index (χ1n) is 8.25. The molecule has 3 nitrogen and oxygen atoms in total. The molecule has 2 aromatic carbocycles. The van der Waals surface area contributed by atoms with Gasteiger partial charge in [-0.25, -0.2) is 6.57 Å². The number of aryl methyl sites for hydroxylation is 2. The van der Waals surface area contributed by atoms with Crippen LogP contribution in [0.3, 0.4) is 0 Å². The number of halogens is 2. The zero-order chi connectivity index (χ0) is 17.8. The number of rotatable bonds is 5. The SMILES string of the molecule is [C-]#[N+]CN1CCN=C1c1cccc(Cl)c1CCc1cc(Br)ccc1C. The van der Waals surface area contributed by atoms with Crippen LogP contribution in [-0.2, 0) is 12.8 Å². The first-order valence-corrected chi connectivity index (χ1v) is 9.42. The Morgan fingerprint density at radius 2 is 2.12 bits per heavy atom. The summed E-state index contributed by atoms with van der Waals surface area (Å²) in [4.78, 5) is 10.2. The van der Waals surface area contributed by atoms with Gasteiger partial charge < -0.3 is 0 Å². The van der Waals surface area contributed by atoms with E-state index in [1.807, 2.05) is 17.0 Å². The maximum Gasteiger partial charge on any atom is 0.290 e. The second-order valence-corrected chi connectivity index (χ2v) is 7.43.